The molecule has 2 atom stereocenters. The Labute approximate surface area is 147 Å². The van der Waals surface area contributed by atoms with Crippen LogP contribution in [0.1, 0.15) is 39.5 Å². The van der Waals surface area contributed by atoms with Crippen LogP contribution in [0.5, 0.6) is 0 Å². The van der Waals surface area contributed by atoms with E-state index in [-0.39, 0.29) is 18.1 Å². The third kappa shape index (κ3) is 2.72. The van der Waals surface area contributed by atoms with E-state index in [1.165, 1.54) is 22.0 Å². The molecule has 0 fully saturated rings. The Kier molecular flexibility index (Phi) is 4.07. The molecular weight excluding hydrogens is 342 g/mol. The van der Waals surface area contributed by atoms with E-state index in [0.717, 1.165) is 22.3 Å². The maximum absolute atomic E-state index is 12.6. The number of nitrogens with one attached hydrogen (secondary N) is 1. The zero-order chi connectivity index (χ0) is 16.7. The minimum Gasteiger partial charge on any atom is -0.371 e. The summed E-state index contributed by atoms with van der Waals surface area (Å²) in [6.07, 6.45) is 2.47. The predicted octanol–water partition coefficient (Wildman–Crippen LogP) is 3.49. The maximum Gasteiger partial charge on any atom is 0.253 e. The molecule has 7 heteroatoms. The van der Waals surface area contributed by atoms with Crippen molar-refractivity contribution < 1.29 is 9.53 Å². The fraction of sp³-hybridized carbons (Fsp3) is 0.353. The molecule has 0 bridgehead atoms. The van der Waals surface area contributed by atoms with Crippen molar-refractivity contribution in [3.8, 4) is 0 Å². The van der Waals surface area contributed by atoms with E-state index in [1.54, 1.807) is 17.5 Å². The summed E-state index contributed by atoms with van der Waals surface area (Å²) >= 11 is 3.11. The fourth-order valence-electron chi connectivity index (χ4n) is 3.02. The molecule has 0 saturated heterocycles. The van der Waals surface area contributed by atoms with E-state index in [2.05, 4.69) is 26.1 Å². The number of aromatic nitrogens is 2. The van der Waals surface area contributed by atoms with Crippen LogP contribution in [-0.4, -0.2) is 27.9 Å². The molecule has 0 radical (unpaired) electrons. The summed E-state index contributed by atoms with van der Waals surface area (Å²) in [6.45, 7) is 4.61. The number of ether oxygens (including phenoxy) is 1. The summed E-state index contributed by atoms with van der Waals surface area (Å²) in [5, 5.41) is 6.08. The van der Waals surface area contributed by atoms with Gasteiger partial charge in [-0.15, -0.1) is 11.3 Å². The second-order valence-corrected chi connectivity index (χ2v) is 7.70. The van der Waals surface area contributed by atoms with E-state index >= 15 is 0 Å². The standard InChI is InChI=1S/C17H17N3O2S2/c1-9-13-7-11(8-18-17(13)24-20-9)16(21)19-10(2)15-12-4-6-23-14(12)3-5-22-15/h4,6-8,10,15H,3,5H2,1-2H3,(H,19,21). The Hall–Kier alpha value is -1.83. The van der Waals surface area contributed by atoms with Crippen LogP contribution < -0.4 is 5.32 Å². The zero-order valence-electron chi connectivity index (χ0n) is 13.4. The van der Waals surface area contributed by atoms with Crippen LogP contribution >= 0.6 is 22.9 Å². The van der Waals surface area contributed by atoms with E-state index in [9.17, 15) is 4.79 Å². The summed E-state index contributed by atoms with van der Waals surface area (Å²) in [6, 6.07) is 3.85. The smallest absolute Gasteiger partial charge is 0.253 e. The van der Waals surface area contributed by atoms with Gasteiger partial charge < -0.3 is 10.1 Å². The molecule has 4 heterocycles. The van der Waals surface area contributed by atoms with Crippen LogP contribution in [0.2, 0.25) is 0 Å². The Balaban J connectivity index is 1.54. The molecule has 3 aromatic rings. The van der Waals surface area contributed by atoms with Crippen LogP contribution in [0.3, 0.4) is 0 Å². The molecule has 124 valence electrons. The van der Waals surface area contributed by atoms with Crippen LogP contribution in [0, 0.1) is 6.92 Å². The first-order valence-corrected chi connectivity index (χ1v) is 9.49. The van der Waals surface area contributed by atoms with E-state index in [0.29, 0.717) is 12.2 Å². The van der Waals surface area contributed by atoms with E-state index in [1.807, 2.05) is 19.9 Å². The van der Waals surface area contributed by atoms with Gasteiger partial charge in [0.25, 0.3) is 5.91 Å². The minimum atomic E-state index is -0.131. The predicted molar refractivity (Wildman–Crippen MR) is 95.8 cm³/mol. The van der Waals surface area contributed by atoms with Gasteiger partial charge in [0, 0.05) is 22.9 Å². The van der Waals surface area contributed by atoms with Crippen LogP contribution in [0.15, 0.2) is 23.7 Å². The molecule has 1 amide bonds. The van der Waals surface area contributed by atoms with Gasteiger partial charge >= 0.3 is 0 Å². The van der Waals surface area contributed by atoms with Crippen molar-refractivity contribution in [2.24, 2.45) is 0 Å². The number of pyridine rings is 1. The quantitative estimate of drug-likeness (QED) is 0.777. The van der Waals surface area contributed by atoms with Gasteiger partial charge in [-0.25, -0.2) is 4.98 Å². The summed E-state index contributed by atoms with van der Waals surface area (Å²) < 4.78 is 10.2. The lowest BCUT2D eigenvalue weighted by Gasteiger charge is -2.29. The monoisotopic (exact) mass is 359 g/mol. The third-order valence-electron chi connectivity index (χ3n) is 4.30. The van der Waals surface area contributed by atoms with Gasteiger partial charge in [-0.05, 0) is 48.5 Å². The van der Waals surface area contributed by atoms with Crippen molar-refractivity contribution in [2.45, 2.75) is 32.4 Å². The first-order chi connectivity index (χ1) is 11.6. The van der Waals surface area contributed by atoms with Gasteiger partial charge in [-0.3, -0.25) is 4.79 Å². The normalized spacial score (nSPS) is 18.3. The molecule has 0 spiro atoms. The van der Waals surface area contributed by atoms with Gasteiger partial charge in [-0.2, -0.15) is 4.37 Å². The van der Waals surface area contributed by atoms with Crippen molar-refractivity contribution >= 4 is 39.0 Å². The molecule has 3 aromatic heterocycles. The number of nitrogens with zero attached hydrogens (tertiary/aromatic N) is 2. The highest BCUT2D eigenvalue weighted by molar-refractivity contribution is 7.12. The van der Waals surface area contributed by atoms with Crippen LogP contribution in [0.25, 0.3) is 10.2 Å². The number of thiophene rings is 1. The van der Waals surface area contributed by atoms with E-state index in [4.69, 9.17) is 4.74 Å². The van der Waals surface area contributed by atoms with Crippen molar-refractivity contribution in [1.29, 1.82) is 0 Å². The summed E-state index contributed by atoms with van der Waals surface area (Å²) in [5.74, 6) is -0.131. The first kappa shape index (κ1) is 15.7. The van der Waals surface area contributed by atoms with Crippen molar-refractivity contribution in [2.75, 3.05) is 6.61 Å². The molecule has 5 nitrogen and oxygen atoms in total. The van der Waals surface area contributed by atoms with Gasteiger partial charge in [0.1, 0.15) is 10.9 Å². The zero-order valence-corrected chi connectivity index (χ0v) is 15.0. The molecule has 0 aromatic carbocycles. The summed E-state index contributed by atoms with van der Waals surface area (Å²) in [5.41, 5.74) is 2.66. The first-order valence-electron chi connectivity index (χ1n) is 7.84. The fourth-order valence-corrected chi connectivity index (χ4v) is 4.65. The van der Waals surface area contributed by atoms with Gasteiger partial charge in [0.05, 0.1) is 23.9 Å². The average molecular weight is 359 g/mol. The lowest BCUT2D eigenvalue weighted by molar-refractivity contribution is 0.0205. The Morgan fingerprint density at radius 1 is 1.50 bits per heavy atom. The number of aryl methyl sites for hydroxylation is 1. The molecule has 4 rings (SSSR count). The number of fused-ring (bicyclic) bond motifs is 2. The highest BCUT2D eigenvalue weighted by atomic mass is 32.1. The Morgan fingerprint density at radius 3 is 3.25 bits per heavy atom. The van der Waals surface area contributed by atoms with Crippen LogP contribution in [0.4, 0.5) is 0 Å². The Morgan fingerprint density at radius 2 is 2.38 bits per heavy atom. The number of amides is 1. The molecule has 0 saturated carbocycles. The summed E-state index contributed by atoms with van der Waals surface area (Å²) in [4.78, 5) is 19.2. The number of hydrogen-bond acceptors (Lipinski definition) is 6. The van der Waals surface area contributed by atoms with Gasteiger partial charge in [0.15, 0.2) is 0 Å². The SMILES string of the molecule is Cc1nsc2ncc(C(=O)NC(C)C3OCCc4sccc43)cc12. The van der Waals surface area contributed by atoms with Crippen molar-refractivity contribution in [1.82, 2.24) is 14.7 Å². The second-order valence-electron chi connectivity index (χ2n) is 5.95. The third-order valence-corrected chi connectivity index (χ3v) is 6.16. The maximum atomic E-state index is 12.6. The largest absolute Gasteiger partial charge is 0.371 e. The molecule has 2 unspecified atom stereocenters. The molecule has 1 N–H and O–H groups in total. The Bertz CT molecular complexity index is 902. The number of carbonyl (C=O) groups excluding carboxylic acids is 1. The molecule has 1 aliphatic heterocycles. The van der Waals surface area contributed by atoms with Gasteiger partial charge in [-0.1, -0.05) is 0 Å². The minimum absolute atomic E-state index is 0.0924. The topological polar surface area (TPSA) is 64.1 Å². The average Bonchev–Trinajstić information content (AvgIpc) is 3.21. The van der Waals surface area contributed by atoms with Crippen LogP contribution in [-0.2, 0) is 11.2 Å². The molecule has 24 heavy (non-hydrogen) atoms. The molecule has 1 aliphatic rings. The second kappa shape index (κ2) is 6.23. The molecular formula is C17H17N3O2S2. The van der Waals surface area contributed by atoms with Crippen molar-refractivity contribution in [3.63, 3.8) is 0 Å². The highest BCUT2D eigenvalue weighted by Gasteiger charge is 2.28. The van der Waals surface area contributed by atoms with Gasteiger partial charge in [0.2, 0.25) is 0 Å². The lowest BCUT2D eigenvalue weighted by atomic mass is 10.0. The van der Waals surface area contributed by atoms with E-state index < -0.39 is 0 Å². The number of hydrogen-bond donors (Lipinski definition) is 1. The summed E-state index contributed by atoms with van der Waals surface area (Å²) in [7, 11) is 0. The molecule has 0 aliphatic carbocycles. The van der Waals surface area contributed by atoms with Crippen molar-refractivity contribution in [3.05, 3.63) is 45.4 Å². The lowest BCUT2D eigenvalue weighted by Crippen LogP contribution is -2.39. The number of carbonyl (C=O) groups is 1. The number of rotatable bonds is 3. The highest BCUT2D eigenvalue weighted by Crippen LogP contribution is 2.33.